The van der Waals surface area contributed by atoms with Crippen LogP contribution < -0.4 is 11.3 Å². The van der Waals surface area contributed by atoms with E-state index in [2.05, 4.69) is 17.4 Å². The van der Waals surface area contributed by atoms with E-state index in [1.165, 1.54) is 5.56 Å². The largest absolute Gasteiger partial charge is 0.468 e. The molecule has 2 heterocycles. The molecule has 2 aromatic heterocycles. The second-order valence-electron chi connectivity index (χ2n) is 4.21. The second kappa shape index (κ2) is 4.73. The smallest absolute Gasteiger partial charge is 0.122 e. The van der Waals surface area contributed by atoms with Crippen molar-refractivity contribution in [3.05, 3.63) is 41.1 Å². The van der Waals surface area contributed by atoms with Crippen molar-refractivity contribution in [2.45, 2.75) is 26.3 Å². The zero-order valence-corrected chi connectivity index (χ0v) is 10.4. The van der Waals surface area contributed by atoms with Crippen LogP contribution in [-0.2, 0) is 13.5 Å². The minimum atomic E-state index is -0.0217. The molecule has 0 spiro atoms. The lowest BCUT2D eigenvalue weighted by Crippen LogP contribution is -2.29. The van der Waals surface area contributed by atoms with Crippen molar-refractivity contribution in [3.8, 4) is 0 Å². The van der Waals surface area contributed by atoms with Gasteiger partial charge in [0.05, 0.1) is 18.0 Å². The third-order valence-corrected chi connectivity index (χ3v) is 3.15. The number of hydrazine groups is 1. The van der Waals surface area contributed by atoms with Crippen molar-refractivity contribution in [2.75, 3.05) is 0 Å². The summed E-state index contributed by atoms with van der Waals surface area (Å²) in [4.78, 5) is 0. The molecule has 17 heavy (non-hydrogen) atoms. The van der Waals surface area contributed by atoms with Crippen LogP contribution in [0, 0.1) is 13.8 Å². The van der Waals surface area contributed by atoms with Crippen LogP contribution in [-0.4, -0.2) is 9.78 Å². The summed E-state index contributed by atoms with van der Waals surface area (Å²) in [5.41, 5.74) is 6.20. The van der Waals surface area contributed by atoms with E-state index in [0.29, 0.717) is 0 Å². The van der Waals surface area contributed by atoms with Gasteiger partial charge in [0.25, 0.3) is 0 Å². The van der Waals surface area contributed by atoms with E-state index < -0.39 is 0 Å². The normalized spacial score (nSPS) is 12.9. The zero-order valence-electron chi connectivity index (χ0n) is 10.4. The number of nitrogens with two attached hydrogens (primary N) is 1. The topological polar surface area (TPSA) is 69.0 Å². The molecular formula is C12H18N4O. The molecule has 0 radical (unpaired) electrons. The first-order valence-electron chi connectivity index (χ1n) is 5.62. The molecule has 0 fully saturated rings. The molecule has 2 aromatic rings. The highest BCUT2D eigenvalue weighted by Gasteiger charge is 2.18. The van der Waals surface area contributed by atoms with Crippen molar-refractivity contribution in [1.82, 2.24) is 15.2 Å². The van der Waals surface area contributed by atoms with Crippen molar-refractivity contribution >= 4 is 0 Å². The van der Waals surface area contributed by atoms with Crippen LogP contribution in [0.2, 0.25) is 0 Å². The third kappa shape index (κ3) is 2.25. The maximum absolute atomic E-state index is 5.58. The van der Waals surface area contributed by atoms with Crippen molar-refractivity contribution in [2.24, 2.45) is 12.9 Å². The number of hydrogen-bond acceptors (Lipinski definition) is 4. The van der Waals surface area contributed by atoms with Gasteiger partial charge in [-0.2, -0.15) is 5.10 Å². The Hall–Kier alpha value is -1.59. The summed E-state index contributed by atoms with van der Waals surface area (Å²) < 4.78 is 7.26. The number of rotatable bonds is 4. The molecule has 92 valence electrons. The third-order valence-electron chi connectivity index (χ3n) is 3.15. The van der Waals surface area contributed by atoms with Gasteiger partial charge in [0, 0.05) is 12.7 Å². The van der Waals surface area contributed by atoms with Crippen molar-refractivity contribution < 1.29 is 4.42 Å². The minimum Gasteiger partial charge on any atom is -0.468 e. The van der Waals surface area contributed by atoms with Crippen LogP contribution in [0.5, 0.6) is 0 Å². The van der Waals surface area contributed by atoms with E-state index in [-0.39, 0.29) is 6.04 Å². The molecule has 0 amide bonds. The van der Waals surface area contributed by atoms with E-state index in [4.69, 9.17) is 10.3 Å². The summed E-state index contributed by atoms with van der Waals surface area (Å²) >= 11 is 0. The molecule has 0 aliphatic heterocycles. The van der Waals surface area contributed by atoms with E-state index >= 15 is 0 Å². The maximum Gasteiger partial charge on any atom is 0.122 e. The van der Waals surface area contributed by atoms with Gasteiger partial charge in [-0.25, -0.2) is 5.43 Å². The van der Waals surface area contributed by atoms with Gasteiger partial charge in [0.1, 0.15) is 5.76 Å². The zero-order chi connectivity index (χ0) is 12.4. The van der Waals surface area contributed by atoms with Gasteiger partial charge in [-0.3, -0.25) is 10.5 Å². The summed E-state index contributed by atoms with van der Waals surface area (Å²) in [6.45, 7) is 4.07. The van der Waals surface area contributed by atoms with Crippen molar-refractivity contribution in [1.29, 1.82) is 0 Å². The summed E-state index contributed by atoms with van der Waals surface area (Å²) in [6, 6.07) is 3.76. The fourth-order valence-electron chi connectivity index (χ4n) is 2.05. The van der Waals surface area contributed by atoms with E-state index in [9.17, 15) is 0 Å². The monoisotopic (exact) mass is 234 g/mol. The van der Waals surface area contributed by atoms with Gasteiger partial charge < -0.3 is 4.42 Å². The van der Waals surface area contributed by atoms with Crippen LogP contribution >= 0.6 is 0 Å². The Labute approximate surface area is 101 Å². The molecule has 5 nitrogen and oxygen atoms in total. The Kier molecular flexibility index (Phi) is 3.31. The summed E-state index contributed by atoms with van der Waals surface area (Å²) in [6.07, 6.45) is 2.43. The second-order valence-corrected chi connectivity index (χ2v) is 4.21. The first-order valence-corrected chi connectivity index (χ1v) is 5.62. The van der Waals surface area contributed by atoms with Crippen LogP contribution in [0.3, 0.4) is 0 Å². The molecular weight excluding hydrogens is 216 g/mol. The molecule has 0 aliphatic carbocycles. The van der Waals surface area contributed by atoms with E-state index in [0.717, 1.165) is 23.6 Å². The number of nitrogens with one attached hydrogen (secondary N) is 1. The van der Waals surface area contributed by atoms with Crippen LogP contribution in [0.4, 0.5) is 0 Å². The molecule has 0 aromatic carbocycles. The van der Waals surface area contributed by atoms with Gasteiger partial charge >= 0.3 is 0 Å². The Balaban J connectivity index is 2.24. The summed E-state index contributed by atoms with van der Waals surface area (Å²) in [5.74, 6) is 6.42. The Morgan fingerprint density at radius 2 is 2.29 bits per heavy atom. The van der Waals surface area contributed by atoms with E-state index in [1.807, 2.05) is 30.8 Å². The molecule has 2 rings (SSSR count). The van der Waals surface area contributed by atoms with E-state index in [1.54, 1.807) is 6.26 Å². The Morgan fingerprint density at radius 3 is 2.76 bits per heavy atom. The van der Waals surface area contributed by atoms with Crippen LogP contribution in [0.25, 0.3) is 0 Å². The number of nitrogens with zero attached hydrogens (tertiary/aromatic N) is 2. The number of furan rings is 1. The average Bonchev–Trinajstić information content (AvgIpc) is 2.89. The first kappa shape index (κ1) is 11.9. The maximum atomic E-state index is 5.58. The highest BCUT2D eigenvalue weighted by Crippen LogP contribution is 2.22. The van der Waals surface area contributed by atoms with Crippen LogP contribution in [0.15, 0.2) is 22.8 Å². The molecule has 5 heteroatoms. The van der Waals surface area contributed by atoms with Gasteiger partial charge in [0.2, 0.25) is 0 Å². The summed E-state index contributed by atoms with van der Waals surface area (Å²) in [5, 5.41) is 4.40. The van der Waals surface area contributed by atoms with Gasteiger partial charge in [-0.15, -0.1) is 0 Å². The minimum absolute atomic E-state index is 0.0217. The number of aromatic nitrogens is 2. The average molecular weight is 234 g/mol. The lowest BCUT2D eigenvalue weighted by atomic mass is 10.0. The fraction of sp³-hybridized carbons (Fsp3) is 0.417. The van der Waals surface area contributed by atoms with Gasteiger partial charge in [-0.05, 0) is 38.0 Å². The quantitative estimate of drug-likeness (QED) is 0.619. The number of hydrogen-bond donors (Lipinski definition) is 2. The fourth-order valence-corrected chi connectivity index (χ4v) is 2.05. The lowest BCUT2D eigenvalue weighted by molar-refractivity contribution is 0.415. The predicted octanol–water partition coefficient (Wildman–Crippen LogP) is 1.38. The van der Waals surface area contributed by atoms with Gasteiger partial charge in [-0.1, -0.05) is 0 Å². The first-order chi connectivity index (χ1) is 8.13. The van der Waals surface area contributed by atoms with Crippen LogP contribution in [0.1, 0.15) is 28.8 Å². The molecule has 3 N–H and O–H groups in total. The molecule has 1 atom stereocenters. The molecule has 0 aliphatic rings. The summed E-state index contributed by atoms with van der Waals surface area (Å²) in [7, 11) is 1.95. The number of aryl methyl sites for hydroxylation is 2. The lowest BCUT2D eigenvalue weighted by Gasteiger charge is -2.13. The van der Waals surface area contributed by atoms with Crippen molar-refractivity contribution in [3.63, 3.8) is 0 Å². The van der Waals surface area contributed by atoms with Gasteiger partial charge in [0.15, 0.2) is 0 Å². The highest BCUT2D eigenvalue weighted by molar-refractivity contribution is 5.26. The Morgan fingerprint density at radius 1 is 1.53 bits per heavy atom. The predicted molar refractivity (Wildman–Crippen MR) is 65.2 cm³/mol. The Bertz CT molecular complexity index is 487. The molecule has 0 saturated heterocycles. The molecule has 0 bridgehead atoms. The highest BCUT2D eigenvalue weighted by atomic mass is 16.3. The SMILES string of the molecule is Cc1nn(C)c(C)c1CC(NN)c1ccco1. The molecule has 0 saturated carbocycles. The molecule has 1 unspecified atom stereocenters. The standard InChI is InChI=1S/C12H18N4O/c1-8-10(9(2)16(3)15-8)7-11(14-13)12-5-4-6-17-12/h4-6,11,14H,7,13H2,1-3H3.